The Hall–Kier alpha value is 0.419. The average molecular weight is 295 g/mol. The minimum absolute atomic E-state index is 0.657. The summed E-state index contributed by atoms with van der Waals surface area (Å²) in [6.07, 6.45) is 1.83. The maximum absolute atomic E-state index is 5.65. The van der Waals surface area contributed by atoms with Gasteiger partial charge in [0.2, 0.25) is 0 Å². The van der Waals surface area contributed by atoms with Crippen LogP contribution in [-0.2, 0) is 9.22 Å². The van der Waals surface area contributed by atoms with Gasteiger partial charge in [0.15, 0.2) is 0 Å². The van der Waals surface area contributed by atoms with E-state index < -0.39 is 19.6 Å². The molecule has 0 saturated carbocycles. The summed E-state index contributed by atoms with van der Waals surface area (Å²) in [5, 5.41) is 0. The first-order valence-electron chi connectivity index (χ1n) is 4.77. The van der Waals surface area contributed by atoms with Gasteiger partial charge in [-0.2, -0.15) is 0 Å². The van der Waals surface area contributed by atoms with E-state index in [2.05, 4.69) is 6.58 Å². The summed E-state index contributed by atoms with van der Waals surface area (Å²) in [5.74, 6) is 0. The van der Waals surface area contributed by atoms with Crippen LogP contribution < -0.4 is 0 Å². The number of hydrogen-bond acceptors (Lipinski definition) is 3. The van der Waals surface area contributed by atoms with Crippen LogP contribution in [0.1, 0.15) is 20.8 Å². The fourth-order valence-electron chi connectivity index (χ4n) is 1.14. The van der Waals surface area contributed by atoms with Gasteiger partial charge >= 0.3 is 86.5 Å². The number of hydrogen-bond donors (Lipinski definition) is 0. The van der Waals surface area contributed by atoms with Crippen LogP contribution in [0.25, 0.3) is 0 Å². The monoisotopic (exact) mass is 296 g/mol. The zero-order valence-corrected chi connectivity index (χ0v) is 11.7. The summed E-state index contributed by atoms with van der Waals surface area (Å²) in [4.78, 5) is 0. The molecule has 13 heavy (non-hydrogen) atoms. The molecule has 0 heterocycles. The van der Waals surface area contributed by atoms with Crippen molar-refractivity contribution in [2.75, 3.05) is 19.8 Å². The van der Waals surface area contributed by atoms with Gasteiger partial charge in [0.1, 0.15) is 0 Å². The van der Waals surface area contributed by atoms with Crippen molar-refractivity contribution in [3.05, 3.63) is 12.7 Å². The fourth-order valence-corrected chi connectivity index (χ4v) is 7.64. The van der Waals surface area contributed by atoms with Crippen molar-refractivity contribution in [1.29, 1.82) is 0 Å². The van der Waals surface area contributed by atoms with Gasteiger partial charge in [-0.1, -0.05) is 0 Å². The molecule has 0 saturated heterocycles. The normalized spacial score (nSPS) is 11.6. The van der Waals surface area contributed by atoms with Crippen LogP contribution >= 0.6 is 0 Å². The summed E-state index contributed by atoms with van der Waals surface area (Å²) < 4.78 is 17.7. The molecule has 0 N–H and O–H groups in total. The molecule has 0 bridgehead atoms. The van der Waals surface area contributed by atoms with E-state index in [1.165, 1.54) is 0 Å². The molecular formula is C9H20O3Sn. The summed E-state index contributed by atoms with van der Waals surface area (Å²) in [7, 11) is 0. The van der Waals surface area contributed by atoms with Gasteiger partial charge in [-0.15, -0.1) is 0 Å². The fraction of sp³-hybridized carbons (Fsp3) is 0.778. The van der Waals surface area contributed by atoms with E-state index in [1.807, 2.05) is 26.8 Å². The predicted octanol–water partition coefficient (Wildman–Crippen LogP) is 2.22. The zero-order chi connectivity index (χ0) is 10.2. The van der Waals surface area contributed by atoms with E-state index in [0.717, 1.165) is 4.44 Å². The summed E-state index contributed by atoms with van der Waals surface area (Å²) in [5.41, 5.74) is 0. The second kappa shape index (κ2) is 7.79. The van der Waals surface area contributed by atoms with Crippen molar-refractivity contribution in [2.45, 2.75) is 25.2 Å². The summed E-state index contributed by atoms with van der Waals surface area (Å²) in [6, 6.07) is 0. The Kier molecular flexibility index (Phi) is 8.04. The van der Waals surface area contributed by atoms with Gasteiger partial charge in [-0.25, -0.2) is 0 Å². The van der Waals surface area contributed by atoms with E-state index in [9.17, 15) is 0 Å². The van der Waals surface area contributed by atoms with Crippen LogP contribution in [0.15, 0.2) is 12.7 Å². The van der Waals surface area contributed by atoms with Crippen molar-refractivity contribution in [1.82, 2.24) is 0 Å². The standard InChI is InChI=1S/C3H5.3C2H5O.Sn/c1-3-2;3*1-2-3;/h3H,1-2H2;3*2H2,1H3;/q;3*-1;+3. The van der Waals surface area contributed by atoms with E-state index in [1.54, 1.807) is 0 Å². The molecule has 4 heteroatoms. The Morgan fingerprint density at radius 1 is 1.00 bits per heavy atom. The summed E-state index contributed by atoms with van der Waals surface area (Å²) in [6.45, 7) is 11.6. The van der Waals surface area contributed by atoms with Gasteiger partial charge < -0.3 is 0 Å². The molecular weight excluding hydrogens is 275 g/mol. The first kappa shape index (κ1) is 13.4. The van der Waals surface area contributed by atoms with Crippen molar-refractivity contribution in [3.8, 4) is 0 Å². The SMILES string of the molecule is C=C[CH2][Sn]([O]CC)([O]CC)[O]CC. The Labute approximate surface area is 86.6 Å². The predicted molar refractivity (Wildman–Crippen MR) is 55.6 cm³/mol. The van der Waals surface area contributed by atoms with Crippen molar-refractivity contribution in [2.24, 2.45) is 0 Å². The third-order valence-electron chi connectivity index (χ3n) is 1.49. The molecule has 0 radical (unpaired) electrons. The first-order valence-corrected chi connectivity index (χ1v) is 10.3. The molecule has 0 aliphatic rings. The van der Waals surface area contributed by atoms with E-state index >= 15 is 0 Å². The molecule has 0 fully saturated rings. The van der Waals surface area contributed by atoms with Gasteiger partial charge in [-0.3, -0.25) is 0 Å². The molecule has 78 valence electrons. The first-order chi connectivity index (χ1) is 6.24. The van der Waals surface area contributed by atoms with Crippen molar-refractivity contribution in [3.63, 3.8) is 0 Å². The van der Waals surface area contributed by atoms with Gasteiger partial charge in [-0.05, 0) is 0 Å². The van der Waals surface area contributed by atoms with Crippen LogP contribution in [0.4, 0.5) is 0 Å². The minimum atomic E-state index is -3.18. The van der Waals surface area contributed by atoms with Crippen molar-refractivity contribution >= 4 is 19.6 Å². The average Bonchev–Trinajstić information content (AvgIpc) is 2.06. The summed E-state index contributed by atoms with van der Waals surface area (Å²) >= 11 is -3.18. The van der Waals surface area contributed by atoms with Gasteiger partial charge in [0.05, 0.1) is 0 Å². The molecule has 0 spiro atoms. The molecule has 0 aromatic rings. The Morgan fingerprint density at radius 3 is 1.62 bits per heavy atom. The van der Waals surface area contributed by atoms with E-state index in [0.29, 0.717) is 19.8 Å². The molecule has 0 aromatic carbocycles. The van der Waals surface area contributed by atoms with Gasteiger partial charge in [0, 0.05) is 0 Å². The third-order valence-corrected chi connectivity index (χ3v) is 9.98. The topological polar surface area (TPSA) is 27.7 Å². The van der Waals surface area contributed by atoms with Crippen molar-refractivity contribution < 1.29 is 9.22 Å². The Morgan fingerprint density at radius 2 is 1.38 bits per heavy atom. The molecule has 0 aromatic heterocycles. The quantitative estimate of drug-likeness (QED) is 0.507. The Bertz CT molecular complexity index is 122. The van der Waals surface area contributed by atoms with E-state index in [4.69, 9.17) is 9.22 Å². The van der Waals surface area contributed by atoms with Crippen LogP contribution in [0, 0.1) is 0 Å². The molecule has 3 nitrogen and oxygen atoms in total. The maximum atomic E-state index is 5.65. The zero-order valence-electron chi connectivity index (χ0n) is 8.84. The van der Waals surface area contributed by atoms with Crippen LogP contribution in [0.5, 0.6) is 0 Å². The van der Waals surface area contributed by atoms with Gasteiger partial charge in [0.25, 0.3) is 0 Å². The third kappa shape index (κ3) is 5.00. The Balaban J connectivity index is 4.27. The van der Waals surface area contributed by atoms with E-state index in [-0.39, 0.29) is 0 Å². The molecule has 0 aliphatic carbocycles. The number of allylic oxidation sites excluding steroid dienone is 1. The molecule has 0 atom stereocenters. The second-order valence-electron chi connectivity index (χ2n) is 2.47. The second-order valence-corrected chi connectivity index (χ2v) is 10.0. The molecule has 0 unspecified atom stereocenters. The van der Waals surface area contributed by atoms with Crippen LogP contribution in [0.2, 0.25) is 4.44 Å². The number of rotatable bonds is 8. The van der Waals surface area contributed by atoms with Crippen LogP contribution in [0.3, 0.4) is 0 Å². The molecule has 0 amide bonds. The van der Waals surface area contributed by atoms with Crippen LogP contribution in [-0.4, -0.2) is 39.4 Å². The molecule has 0 rings (SSSR count). The molecule has 0 aliphatic heterocycles.